The van der Waals surface area contributed by atoms with Crippen molar-refractivity contribution in [3.05, 3.63) is 0 Å². The van der Waals surface area contributed by atoms with Crippen LogP contribution >= 0.6 is 0 Å². The fourth-order valence-corrected chi connectivity index (χ4v) is 2.51. The molecule has 1 unspecified atom stereocenters. The van der Waals surface area contributed by atoms with E-state index in [0.717, 1.165) is 25.8 Å². The molecular formula is C15H29NO2. The summed E-state index contributed by atoms with van der Waals surface area (Å²) < 4.78 is 0. The molecule has 0 aromatic heterocycles. The summed E-state index contributed by atoms with van der Waals surface area (Å²) in [6.07, 6.45) is 13.4. The number of rotatable bonds is 0. The molecule has 1 aliphatic rings. The van der Waals surface area contributed by atoms with E-state index in [1.54, 1.807) is 0 Å². The lowest BCUT2D eigenvalue weighted by molar-refractivity contribution is -0.129. The highest BCUT2D eigenvalue weighted by atomic mass is 16.3. The van der Waals surface area contributed by atoms with Gasteiger partial charge in [0.05, 0.1) is 0 Å². The Hall–Kier alpha value is -0.570. The highest BCUT2D eigenvalue weighted by Crippen LogP contribution is 2.13. The van der Waals surface area contributed by atoms with Crippen LogP contribution in [0.25, 0.3) is 0 Å². The minimum absolute atomic E-state index is 0.179. The van der Waals surface area contributed by atoms with Crippen LogP contribution in [0.5, 0.6) is 0 Å². The standard InChI is InChI=1S/C15H29NO2/c17-14-12-10-8-6-4-2-1-3-5-7-9-11-13-16-15(14)18/h14,17H,1-13H2,(H,16,18). The zero-order chi connectivity index (χ0) is 13.1. The van der Waals surface area contributed by atoms with Crippen LogP contribution in [0.2, 0.25) is 0 Å². The summed E-state index contributed by atoms with van der Waals surface area (Å²) in [4.78, 5) is 11.5. The zero-order valence-corrected chi connectivity index (χ0v) is 11.6. The van der Waals surface area contributed by atoms with Gasteiger partial charge < -0.3 is 10.4 Å². The molecule has 3 heteroatoms. The van der Waals surface area contributed by atoms with Gasteiger partial charge in [-0.05, 0) is 12.8 Å². The molecule has 0 aliphatic carbocycles. The first kappa shape index (κ1) is 15.5. The lowest BCUT2D eigenvalue weighted by Crippen LogP contribution is -2.35. The molecule has 0 spiro atoms. The first-order valence-electron chi connectivity index (χ1n) is 7.76. The van der Waals surface area contributed by atoms with Gasteiger partial charge in [-0.1, -0.05) is 64.2 Å². The SMILES string of the molecule is O=C1NCCCCCCCCCCCCCC1O. The van der Waals surface area contributed by atoms with Crippen LogP contribution in [-0.4, -0.2) is 23.7 Å². The quantitative estimate of drug-likeness (QED) is 0.698. The maximum atomic E-state index is 11.5. The summed E-state index contributed by atoms with van der Waals surface area (Å²) in [6.45, 7) is 0.718. The Kier molecular flexibility index (Phi) is 8.92. The van der Waals surface area contributed by atoms with Crippen molar-refractivity contribution in [2.24, 2.45) is 0 Å². The van der Waals surface area contributed by atoms with E-state index in [-0.39, 0.29) is 5.91 Å². The van der Waals surface area contributed by atoms with Gasteiger partial charge in [0.1, 0.15) is 6.10 Å². The fourth-order valence-electron chi connectivity index (χ4n) is 2.51. The number of carbonyl (C=O) groups is 1. The second-order valence-corrected chi connectivity index (χ2v) is 5.48. The third-order valence-electron chi connectivity index (χ3n) is 3.76. The summed E-state index contributed by atoms with van der Waals surface area (Å²) in [6, 6.07) is 0. The highest BCUT2D eigenvalue weighted by Gasteiger charge is 2.13. The lowest BCUT2D eigenvalue weighted by Gasteiger charge is -2.11. The summed E-state index contributed by atoms with van der Waals surface area (Å²) in [7, 11) is 0. The van der Waals surface area contributed by atoms with E-state index < -0.39 is 6.10 Å². The maximum Gasteiger partial charge on any atom is 0.248 e. The van der Waals surface area contributed by atoms with E-state index in [2.05, 4.69) is 5.32 Å². The van der Waals surface area contributed by atoms with Crippen LogP contribution in [0.4, 0.5) is 0 Å². The maximum absolute atomic E-state index is 11.5. The first-order chi connectivity index (χ1) is 8.80. The van der Waals surface area contributed by atoms with E-state index in [4.69, 9.17) is 0 Å². The van der Waals surface area contributed by atoms with Gasteiger partial charge in [-0.2, -0.15) is 0 Å². The van der Waals surface area contributed by atoms with Crippen LogP contribution in [0.1, 0.15) is 77.0 Å². The average molecular weight is 255 g/mol. The van der Waals surface area contributed by atoms with Gasteiger partial charge in [-0.25, -0.2) is 0 Å². The van der Waals surface area contributed by atoms with Crippen molar-refractivity contribution in [2.45, 2.75) is 83.2 Å². The van der Waals surface area contributed by atoms with Gasteiger partial charge in [0.2, 0.25) is 5.91 Å². The van der Waals surface area contributed by atoms with Gasteiger partial charge in [0, 0.05) is 6.54 Å². The van der Waals surface area contributed by atoms with Gasteiger partial charge in [-0.15, -0.1) is 0 Å². The molecule has 1 amide bonds. The molecule has 1 rings (SSSR count). The number of hydrogen-bond donors (Lipinski definition) is 2. The monoisotopic (exact) mass is 255 g/mol. The first-order valence-corrected chi connectivity index (χ1v) is 7.76. The van der Waals surface area contributed by atoms with E-state index >= 15 is 0 Å². The highest BCUT2D eigenvalue weighted by molar-refractivity contribution is 5.80. The number of aliphatic hydroxyl groups is 1. The molecule has 0 radical (unpaired) electrons. The minimum Gasteiger partial charge on any atom is -0.383 e. The molecule has 1 aliphatic heterocycles. The Balaban J connectivity index is 2.22. The molecule has 1 saturated heterocycles. The average Bonchev–Trinajstić information content (AvgIpc) is 2.37. The van der Waals surface area contributed by atoms with Crippen molar-refractivity contribution < 1.29 is 9.90 Å². The van der Waals surface area contributed by atoms with Crippen LogP contribution < -0.4 is 5.32 Å². The normalized spacial score (nSPS) is 26.5. The number of amides is 1. The molecule has 0 aromatic rings. The number of carbonyl (C=O) groups excluding carboxylic acids is 1. The van der Waals surface area contributed by atoms with Gasteiger partial charge in [-0.3, -0.25) is 4.79 Å². The predicted octanol–water partition coefficient (Wildman–Crippen LogP) is 3.16. The van der Waals surface area contributed by atoms with Crippen molar-refractivity contribution in [3.63, 3.8) is 0 Å². The van der Waals surface area contributed by atoms with E-state index in [0.29, 0.717) is 6.42 Å². The lowest BCUT2D eigenvalue weighted by atomic mass is 10.0. The number of hydrogen-bond acceptors (Lipinski definition) is 2. The van der Waals surface area contributed by atoms with Crippen LogP contribution in [0.3, 0.4) is 0 Å². The predicted molar refractivity (Wildman–Crippen MR) is 74.4 cm³/mol. The zero-order valence-electron chi connectivity index (χ0n) is 11.6. The van der Waals surface area contributed by atoms with Gasteiger partial charge in [0.15, 0.2) is 0 Å². The largest absolute Gasteiger partial charge is 0.383 e. The molecule has 106 valence electrons. The number of nitrogens with one attached hydrogen (secondary N) is 1. The van der Waals surface area contributed by atoms with Crippen molar-refractivity contribution in [1.29, 1.82) is 0 Å². The summed E-state index contributed by atoms with van der Waals surface area (Å²) in [5.41, 5.74) is 0. The van der Waals surface area contributed by atoms with Crippen molar-refractivity contribution in [2.75, 3.05) is 6.54 Å². The Morgan fingerprint density at radius 1 is 0.778 bits per heavy atom. The van der Waals surface area contributed by atoms with Gasteiger partial charge in [0.25, 0.3) is 0 Å². The molecule has 1 atom stereocenters. The minimum atomic E-state index is -0.794. The molecule has 0 aromatic carbocycles. The Morgan fingerprint density at radius 3 is 1.78 bits per heavy atom. The second kappa shape index (κ2) is 10.4. The molecule has 0 bridgehead atoms. The Morgan fingerprint density at radius 2 is 1.22 bits per heavy atom. The van der Waals surface area contributed by atoms with Crippen molar-refractivity contribution in [1.82, 2.24) is 5.32 Å². The fraction of sp³-hybridized carbons (Fsp3) is 0.933. The third kappa shape index (κ3) is 7.70. The Bertz CT molecular complexity index is 219. The molecule has 1 heterocycles. The summed E-state index contributed by atoms with van der Waals surface area (Å²) in [5, 5.41) is 12.5. The second-order valence-electron chi connectivity index (χ2n) is 5.48. The topological polar surface area (TPSA) is 49.3 Å². The summed E-state index contributed by atoms with van der Waals surface area (Å²) >= 11 is 0. The molecular weight excluding hydrogens is 226 g/mol. The van der Waals surface area contributed by atoms with Crippen molar-refractivity contribution >= 4 is 5.91 Å². The van der Waals surface area contributed by atoms with Crippen LogP contribution in [-0.2, 0) is 4.79 Å². The Labute approximate surface area is 111 Å². The van der Waals surface area contributed by atoms with Gasteiger partial charge >= 0.3 is 0 Å². The van der Waals surface area contributed by atoms with Crippen LogP contribution in [0, 0.1) is 0 Å². The number of aliphatic hydroxyl groups excluding tert-OH is 1. The summed E-state index contributed by atoms with van der Waals surface area (Å²) in [5.74, 6) is -0.179. The van der Waals surface area contributed by atoms with E-state index in [1.165, 1.54) is 51.4 Å². The molecule has 2 N–H and O–H groups in total. The van der Waals surface area contributed by atoms with E-state index in [9.17, 15) is 9.90 Å². The van der Waals surface area contributed by atoms with Crippen LogP contribution in [0.15, 0.2) is 0 Å². The third-order valence-corrected chi connectivity index (χ3v) is 3.76. The molecule has 18 heavy (non-hydrogen) atoms. The smallest absolute Gasteiger partial charge is 0.248 e. The van der Waals surface area contributed by atoms with E-state index in [1.807, 2.05) is 0 Å². The molecule has 3 nitrogen and oxygen atoms in total. The van der Waals surface area contributed by atoms with Crippen molar-refractivity contribution in [3.8, 4) is 0 Å². The molecule has 1 fully saturated rings. The molecule has 0 saturated carbocycles.